The minimum Gasteiger partial charge on any atom is -0.451 e. The predicted octanol–water partition coefficient (Wildman–Crippen LogP) is 1.26. The van der Waals surface area contributed by atoms with Gasteiger partial charge < -0.3 is 15.2 Å². The van der Waals surface area contributed by atoms with Crippen LogP contribution in [-0.4, -0.2) is 6.29 Å². The lowest BCUT2D eigenvalue weighted by Gasteiger charge is -2.02. The van der Waals surface area contributed by atoms with Gasteiger partial charge in [0, 0.05) is 19.0 Å². The van der Waals surface area contributed by atoms with Crippen LogP contribution >= 0.6 is 0 Å². The second-order valence-corrected chi connectivity index (χ2v) is 2.75. The summed E-state index contributed by atoms with van der Waals surface area (Å²) in [4.78, 5) is 0. The molecule has 12 heavy (non-hydrogen) atoms. The van der Waals surface area contributed by atoms with Crippen LogP contribution in [0.2, 0.25) is 0 Å². The van der Waals surface area contributed by atoms with Gasteiger partial charge in [-0.2, -0.15) is 0 Å². The van der Waals surface area contributed by atoms with E-state index in [2.05, 4.69) is 0 Å². The molecule has 0 aliphatic carbocycles. The van der Waals surface area contributed by atoms with Crippen LogP contribution in [0.4, 0.5) is 0 Å². The molecule has 1 unspecified atom stereocenters. The van der Waals surface area contributed by atoms with Crippen LogP contribution in [0.3, 0.4) is 0 Å². The van der Waals surface area contributed by atoms with E-state index in [0.717, 1.165) is 17.1 Å². The molecule has 64 valence electrons. The Hall–Kier alpha value is -1.22. The first-order chi connectivity index (χ1) is 5.81. The van der Waals surface area contributed by atoms with Crippen molar-refractivity contribution in [2.24, 2.45) is 5.73 Å². The molecule has 0 saturated carbocycles. The highest BCUT2D eigenvalue weighted by molar-refractivity contribution is 5.48. The van der Waals surface area contributed by atoms with Crippen LogP contribution in [0, 0.1) is 0 Å². The van der Waals surface area contributed by atoms with E-state index in [1.54, 1.807) is 0 Å². The van der Waals surface area contributed by atoms with Crippen molar-refractivity contribution in [2.75, 3.05) is 0 Å². The Labute approximate surface area is 71.1 Å². The molecule has 0 spiro atoms. The number of para-hydroxylation sites is 1. The summed E-state index contributed by atoms with van der Waals surface area (Å²) in [5, 5.41) is 0. The van der Waals surface area contributed by atoms with E-state index < -0.39 is 0 Å². The maximum absolute atomic E-state index is 5.53. The Balaban J connectivity index is 2.44. The Kier molecular flexibility index (Phi) is 1.66. The molecule has 0 aromatic heterocycles. The molecule has 1 atom stereocenters. The van der Waals surface area contributed by atoms with Crippen LogP contribution in [0.5, 0.6) is 11.5 Å². The molecule has 1 aromatic carbocycles. The summed E-state index contributed by atoms with van der Waals surface area (Å²) in [5.41, 5.74) is 6.53. The van der Waals surface area contributed by atoms with E-state index in [4.69, 9.17) is 15.2 Å². The summed E-state index contributed by atoms with van der Waals surface area (Å²) in [6, 6.07) is 5.75. The SMILES string of the molecule is CC1Oc2cccc(CN)c2O1. The van der Waals surface area contributed by atoms with Crippen molar-refractivity contribution in [3.8, 4) is 11.5 Å². The highest BCUT2D eigenvalue weighted by atomic mass is 16.7. The molecule has 2 rings (SSSR count). The largest absolute Gasteiger partial charge is 0.451 e. The van der Waals surface area contributed by atoms with Crippen molar-refractivity contribution >= 4 is 0 Å². The minimum atomic E-state index is -0.187. The van der Waals surface area contributed by atoms with Gasteiger partial charge in [0.1, 0.15) is 0 Å². The third-order valence-corrected chi connectivity index (χ3v) is 1.86. The lowest BCUT2D eigenvalue weighted by atomic mass is 10.2. The van der Waals surface area contributed by atoms with Gasteiger partial charge >= 0.3 is 0 Å². The van der Waals surface area contributed by atoms with Crippen molar-refractivity contribution in [3.63, 3.8) is 0 Å². The number of hydrogen-bond acceptors (Lipinski definition) is 3. The maximum Gasteiger partial charge on any atom is 0.238 e. The van der Waals surface area contributed by atoms with Crippen LogP contribution in [-0.2, 0) is 6.54 Å². The predicted molar refractivity (Wildman–Crippen MR) is 45.1 cm³/mol. The van der Waals surface area contributed by atoms with Crippen molar-refractivity contribution in [2.45, 2.75) is 19.8 Å². The molecule has 0 radical (unpaired) electrons. The molecule has 0 bridgehead atoms. The standard InChI is InChI=1S/C9H11NO2/c1-6-11-8-4-2-3-7(5-10)9(8)12-6/h2-4,6H,5,10H2,1H3. The van der Waals surface area contributed by atoms with Gasteiger partial charge in [-0.15, -0.1) is 0 Å². The van der Waals surface area contributed by atoms with E-state index >= 15 is 0 Å². The fourth-order valence-corrected chi connectivity index (χ4v) is 1.32. The van der Waals surface area contributed by atoms with E-state index in [0.29, 0.717) is 6.54 Å². The topological polar surface area (TPSA) is 44.5 Å². The van der Waals surface area contributed by atoms with Crippen molar-refractivity contribution in [1.82, 2.24) is 0 Å². The van der Waals surface area contributed by atoms with Crippen LogP contribution in [0.25, 0.3) is 0 Å². The third-order valence-electron chi connectivity index (χ3n) is 1.86. The fourth-order valence-electron chi connectivity index (χ4n) is 1.32. The number of benzene rings is 1. The Morgan fingerprint density at radius 2 is 2.25 bits per heavy atom. The van der Waals surface area contributed by atoms with Crippen LogP contribution < -0.4 is 15.2 Å². The number of ether oxygens (including phenoxy) is 2. The first-order valence-corrected chi connectivity index (χ1v) is 3.96. The van der Waals surface area contributed by atoms with E-state index in [1.807, 2.05) is 25.1 Å². The summed E-state index contributed by atoms with van der Waals surface area (Å²) in [7, 11) is 0. The third kappa shape index (κ3) is 1.02. The van der Waals surface area contributed by atoms with E-state index in [-0.39, 0.29) is 6.29 Å². The lowest BCUT2D eigenvalue weighted by molar-refractivity contribution is 0.0674. The summed E-state index contributed by atoms with van der Waals surface area (Å²) in [5.74, 6) is 1.60. The second kappa shape index (κ2) is 2.68. The zero-order chi connectivity index (χ0) is 8.55. The van der Waals surface area contributed by atoms with Gasteiger partial charge in [0.15, 0.2) is 11.5 Å². The highest BCUT2D eigenvalue weighted by Gasteiger charge is 2.21. The molecule has 2 N–H and O–H groups in total. The Morgan fingerprint density at radius 1 is 1.42 bits per heavy atom. The number of fused-ring (bicyclic) bond motifs is 1. The summed E-state index contributed by atoms with van der Waals surface area (Å²) in [6.45, 7) is 2.35. The van der Waals surface area contributed by atoms with Crippen LogP contribution in [0.15, 0.2) is 18.2 Å². The second-order valence-electron chi connectivity index (χ2n) is 2.75. The minimum absolute atomic E-state index is 0.187. The number of hydrogen-bond donors (Lipinski definition) is 1. The summed E-state index contributed by atoms with van der Waals surface area (Å²) < 4.78 is 10.8. The molecule has 1 heterocycles. The van der Waals surface area contributed by atoms with Gasteiger partial charge in [-0.1, -0.05) is 12.1 Å². The van der Waals surface area contributed by atoms with Crippen molar-refractivity contribution < 1.29 is 9.47 Å². The molecule has 0 saturated heterocycles. The highest BCUT2D eigenvalue weighted by Crippen LogP contribution is 2.37. The lowest BCUT2D eigenvalue weighted by Crippen LogP contribution is -2.11. The first kappa shape index (κ1) is 7.43. The van der Waals surface area contributed by atoms with Gasteiger partial charge in [0.25, 0.3) is 0 Å². The molecular formula is C9H11NO2. The fraction of sp³-hybridized carbons (Fsp3) is 0.333. The quantitative estimate of drug-likeness (QED) is 0.681. The molecule has 3 heteroatoms. The summed E-state index contributed by atoms with van der Waals surface area (Å²) >= 11 is 0. The normalized spacial score (nSPS) is 19.7. The summed E-state index contributed by atoms with van der Waals surface area (Å²) in [6.07, 6.45) is -0.187. The van der Waals surface area contributed by atoms with Gasteiger partial charge in [-0.25, -0.2) is 0 Å². The molecule has 1 aromatic rings. The first-order valence-electron chi connectivity index (χ1n) is 3.96. The number of rotatable bonds is 1. The molecule has 3 nitrogen and oxygen atoms in total. The molecule has 0 fully saturated rings. The smallest absolute Gasteiger partial charge is 0.238 e. The number of nitrogens with two attached hydrogens (primary N) is 1. The van der Waals surface area contributed by atoms with Gasteiger partial charge in [0.05, 0.1) is 0 Å². The maximum atomic E-state index is 5.53. The average molecular weight is 165 g/mol. The Morgan fingerprint density at radius 3 is 3.00 bits per heavy atom. The van der Waals surface area contributed by atoms with Gasteiger partial charge in [0.2, 0.25) is 6.29 Å². The van der Waals surface area contributed by atoms with E-state index in [1.165, 1.54) is 0 Å². The molecule has 0 amide bonds. The van der Waals surface area contributed by atoms with Gasteiger partial charge in [-0.05, 0) is 6.07 Å². The zero-order valence-electron chi connectivity index (χ0n) is 6.91. The average Bonchev–Trinajstić information content (AvgIpc) is 2.44. The van der Waals surface area contributed by atoms with Crippen molar-refractivity contribution in [1.29, 1.82) is 0 Å². The van der Waals surface area contributed by atoms with E-state index in [9.17, 15) is 0 Å². The molecule has 1 aliphatic rings. The monoisotopic (exact) mass is 165 g/mol. The van der Waals surface area contributed by atoms with Gasteiger partial charge in [-0.3, -0.25) is 0 Å². The van der Waals surface area contributed by atoms with Crippen molar-refractivity contribution in [3.05, 3.63) is 23.8 Å². The Bertz CT molecular complexity index is 299. The zero-order valence-corrected chi connectivity index (χ0v) is 6.91. The molecular weight excluding hydrogens is 154 g/mol. The molecule has 1 aliphatic heterocycles. The van der Waals surface area contributed by atoms with Crippen LogP contribution in [0.1, 0.15) is 12.5 Å².